The largest absolute Gasteiger partial charge is 0.353 e. The lowest BCUT2D eigenvalue weighted by molar-refractivity contribution is -0.123. The molecule has 1 saturated heterocycles. The zero-order valence-corrected chi connectivity index (χ0v) is 12.1. The van der Waals surface area contributed by atoms with Gasteiger partial charge in [0, 0.05) is 18.5 Å². The van der Waals surface area contributed by atoms with Gasteiger partial charge in [0.15, 0.2) is 0 Å². The maximum Gasteiger partial charge on any atom is 0.220 e. The minimum atomic E-state index is 0. The van der Waals surface area contributed by atoms with Crippen LogP contribution in [0.25, 0.3) is 0 Å². The molecule has 0 radical (unpaired) electrons. The van der Waals surface area contributed by atoms with Gasteiger partial charge in [-0.25, -0.2) is 0 Å². The van der Waals surface area contributed by atoms with Crippen molar-refractivity contribution in [2.45, 2.75) is 65.0 Å². The van der Waals surface area contributed by atoms with Crippen molar-refractivity contribution in [3.05, 3.63) is 0 Å². The van der Waals surface area contributed by atoms with Gasteiger partial charge in [-0.1, -0.05) is 26.7 Å². The Morgan fingerprint density at radius 2 is 2.06 bits per heavy atom. The molecule has 0 bridgehead atoms. The number of nitrogens with one attached hydrogen (secondary N) is 2. The third-order valence-corrected chi connectivity index (χ3v) is 3.62. The molecule has 1 rings (SSSR count). The van der Waals surface area contributed by atoms with E-state index in [9.17, 15) is 4.79 Å². The Morgan fingerprint density at radius 3 is 2.59 bits per heavy atom. The van der Waals surface area contributed by atoms with Gasteiger partial charge in [0.1, 0.15) is 0 Å². The van der Waals surface area contributed by atoms with E-state index in [-0.39, 0.29) is 18.3 Å². The summed E-state index contributed by atoms with van der Waals surface area (Å²) >= 11 is 0. The summed E-state index contributed by atoms with van der Waals surface area (Å²) in [5.74, 6) is 0.798. The van der Waals surface area contributed by atoms with E-state index >= 15 is 0 Å². The number of carbonyl (C=O) groups excluding carboxylic acids is 1. The van der Waals surface area contributed by atoms with E-state index in [4.69, 9.17) is 0 Å². The molecule has 1 fully saturated rings. The van der Waals surface area contributed by atoms with Crippen LogP contribution in [0.15, 0.2) is 0 Å². The minimum absolute atomic E-state index is 0. The molecule has 0 aromatic carbocycles. The zero-order valence-electron chi connectivity index (χ0n) is 11.3. The van der Waals surface area contributed by atoms with Crippen LogP contribution < -0.4 is 10.6 Å². The molecule has 0 aromatic rings. The first-order valence-corrected chi connectivity index (χ1v) is 6.68. The van der Waals surface area contributed by atoms with Crippen LogP contribution in [0.3, 0.4) is 0 Å². The summed E-state index contributed by atoms with van der Waals surface area (Å²) in [5.41, 5.74) is 0. The Labute approximate surface area is 112 Å². The van der Waals surface area contributed by atoms with Gasteiger partial charge in [-0.05, 0) is 32.2 Å². The number of rotatable bonds is 5. The molecule has 17 heavy (non-hydrogen) atoms. The monoisotopic (exact) mass is 262 g/mol. The SMILES string of the molecule is CCC(CC)CC(=O)NC1CCNC(C)C1.Cl. The molecule has 102 valence electrons. The molecule has 1 aliphatic heterocycles. The predicted octanol–water partition coefficient (Wildman–Crippen LogP) is 2.49. The van der Waals surface area contributed by atoms with Crippen molar-refractivity contribution in [3.63, 3.8) is 0 Å². The second-order valence-electron chi connectivity index (χ2n) is 5.03. The van der Waals surface area contributed by atoms with Crippen molar-refractivity contribution in [1.29, 1.82) is 0 Å². The van der Waals surface area contributed by atoms with E-state index in [0.29, 0.717) is 24.4 Å². The van der Waals surface area contributed by atoms with Crippen LogP contribution in [0, 0.1) is 5.92 Å². The highest BCUT2D eigenvalue weighted by Gasteiger charge is 2.20. The molecule has 1 amide bonds. The predicted molar refractivity (Wildman–Crippen MR) is 74.6 cm³/mol. The number of hydrogen-bond acceptors (Lipinski definition) is 2. The van der Waals surface area contributed by atoms with E-state index in [0.717, 1.165) is 32.2 Å². The lowest BCUT2D eigenvalue weighted by Gasteiger charge is -2.29. The summed E-state index contributed by atoms with van der Waals surface area (Å²) < 4.78 is 0. The molecule has 0 saturated carbocycles. The molecule has 0 aliphatic carbocycles. The fraction of sp³-hybridized carbons (Fsp3) is 0.923. The van der Waals surface area contributed by atoms with Crippen LogP contribution in [0.4, 0.5) is 0 Å². The lowest BCUT2D eigenvalue weighted by atomic mass is 9.97. The number of hydrogen-bond donors (Lipinski definition) is 2. The second kappa shape index (κ2) is 8.76. The van der Waals surface area contributed by atoms with Crippen LogP contribution in [-0.4, -0.2) is 24.5 Å². The summed E-state index contributed by atoms with van der Waals surface area (Å²) in [6, 6.07) is 0.922. The van der Waals surface area contributed by atoms with Gasteiger partial charge in [-0.2, -0.15) is 0 Å². The van der Waals surface area contributed by atoms with Crippen molar-refractivity contribution in [2.75, 3.05) is 6.54 Å². The summed E-state index contributed by atoms with van der Waals surface area (Å²) in [6.07, 6.45) is 5.04. The van der Waals surface area contributed by atoms with E-state index in [1.54, 1.807) is 0 Å². The minimum Gasteiger partial charge on any atom is -0.353 e. The average Bonchev–Trinajstić information content (AvgIpc) is 2.26. The Bertz CT molecular complexity index is 219. The summed E-state index contributed by atoms with van der Waals surface area (Å²) in [4.78, 5) is 11.8. The zero-order chi connectivity index (χ0) is 12.0. The van der Waals surface area contributed by atoms with Crippen LogP contribution >= 0.6 is 12.4 Å². The molecule has 2 atom stereocenters. The molecule has 4 heteroatoms. The lowest BCUT2D eigenvalue weighted by Crippen LogP contribution is -2.46. The summed E-state index contributed by atoms with van der Waals surface area (Å²) in [6.45, 7) is 7.53. The summed E-state index contributed by atoms with van der Waals surface area (Å²) in [5, 5.41) is 6.57. The van der Waals surface area contributed by atoms with Crippen LogP contribution in [0.1, 0.15) is 52.9 Å². The van der Waals surface area contributed by atoms with Gasteiger partial charge >= 0.3 is 0 Å². The number of halogens is 1. The number of carbonyl (C=O) groups is 1. The Balaban J connectivity index is 0.00000256. The third kappa shape index (κ3) is 6.27. The van der Waals surface area contributed by atoms with E-state index in [1.807, 2.05) is 0 Å². The highest BCUT2D eigenvalue weighted by atomic mass is 35.5. The topological polar surface area (TPSA) is 41.1 Å². The molecule has 3 nitrogen and oxygen atoms in total. The van der Waals surface area contributed by atoms with Gasteiger partial charge in [-0.3, -0.25) is 4.79 Å². The first-order valence-electron chi connectivity index (χ1n) is 6.68. The normalized spacial score (nSPS) is 24.2. The van der Waals surface area contributed by atoms with Gasteiger partial charge < -0.3 is 10.6 Å². The van der Waals surface area contributed by atoms with Crippen molar-refractivity contribution in [2.24, 2.45) is 5.92 Å². The maximum atomic E-state index is 11.8. The first kappa shape index (κ1) is 16.7. The maximum absolute atomic E-state index is 11.8. The Morgan fingerprint density at radius 1 is 1.41 bits per heavy atom. The molecular formula is C13H27ClN2O. The molecule has 1 heterocycles. The quantitative estimate of drug-likeness (QED) is 0.799. The van der Waals surface area contributed by atoms with E-state index in [1.165, 1.54) is 0 Å². The molecule has 2 unspecified atom stereocenters. The molecule has 0 aromatic heterocycles. The van der Waals surface area contributed by atoms with Crippen molar-refractivity contribution < 1.29 is 4.79 Å². The van der Waals surface area contributed by atoms with Crippen molar-refractivity contribution in [1.82, 2.24) is 10.6 Å². The molecular weight excluding hydrogens is 236 g/mol. The third-order valence-electron chi connectivity index (χ3n) is 3.62. The second-order valence-corrected chi connectivity index (χ2v) is 5.03. The smallest absolute Gasteiger partial charge is 0.220 e. The summed E-state index contributed by atoms with van der Waals surface area (Å²) in [7, 11) is 0. The van der Waals surface area contributed by atoms with Crippen LogP contribution in [-0.2, 0) is 4.79 Å². The van der Waals surface area contributed by atoms with E-state index < -0.39 is 0 Å². The Hall–Kier alpha value is -0.280. The fourth-order valence-electron chi connectivity index (χ4n) is 2.39. The van der Waals surface area contributed by atoms with Crippen molar-refractivity contribution in [3.8, 4) is 0 Å². The Kier molecular flexibility index (Phi) is 8.61. The van der Waals surface area contributed by atoms with Crippen LogP contribution in [0.5, 0.6) is 0 Å². The standard InChI is InChI=1S/C13H26N2O.ClH/c1-4-11(5-2)9-13(16)15-12-6-7-14-10(3)8-12;/h10-12,14H,4-9H2,1-3H3,(H,15,16);1H. The number of amides is 1. The molecule has 1 aliphatic rings. The van der Waals surface area contributed by atoms with Gasteiger partial charge in [0.2, 0.25) is 5.91 Å². The molecule has 0 spiro atoms. The number of piperidine rings is 1. The molecule has 2 N–H and O–H groups in total. The van der Waals surface area contributed by atoms with Gasteiger partial charge in [0.25, 0.3) is 0 Å². The van der Waals surface area contributed by atoms with E-state index in [2.05, 4.69) is 31.4 Å². The first-order chi connectivity index (χ1) is 7.65. The fourth-order valence-corrected chi connectivity index (χ4v) is 2.39. The average molecular weight is 263 g/mol. The van der Waals surface area contributed by atoms with Gasteiger partial charge in [0.05, 0.1) is 0 Å². The van der Waals surface area contributed by atoms with Crippen LogP contribution in [0.2, 0.25) is 0 Å². The van der Waals surface area contributed by atoms with Gasteiger partial charge in [-0.15, -0.1) is 12.4 Å². The highest BCUT2D eigenvalue weighted by Crippen LogP contribution is 2.13. The van der Waals surface area contributed by atoms with Crippen molar-refractivity contribution >= 4 is 18.3 Å². The highest BCUT2D eigenvalue weighted by molar-refractivity contribution is 5.85.